The van der Waals surface area contributed by atoms with E-state index >= 15 is 0 Å². The van der Waals surface area contributed by atoms with Crippen molar-refractivity contribution in [1.29, 1.82) is 0 Å². The van der Waals surface area contributed by atoms with Gasteiger partial charge in [0, 0.05) is 52.1 Å². The molecule has 1 amide bonds. The minimum Gasteiger partial charge on any atom is -0.339 e. The van der Waals surface area contributed by atoms with E-state index in [0.717, 1.165) is 12.8 Å². The highest BCUT2D eigenvalue weighted by atomic mass is 35.5. The number of aromatic nitrogens is 2. The van der Waals surface area contributed by atoms with Gasteiger partial charge in [0.2, 0.25) is 5.95 Å². The van der Waals surface area contributed by atoms with Gasteiger partial charge in [0.1, 0.15) is 11.6 Å². The maximum atomic E-state index is 14.9. The number of hydrogen-bond donors (Lipinski definition) is 1. The molecule has 2 N–H and O–H groups in total. The zero-order valence-electron chi connectivity index (χ0n) is 24.7. The van der Waals surface area contributed by atoms with Gasteiger partial charge in [-0.1, -0.05) is 23.7 Å². The molecule has 1 saturated heterocycles. The third-order valence-corrected chi connectivity index (χ3v) is 9.00. The van der Waals surface area contributed by atoms with Gasteiger partial charge in [-0.3, -0.25) is 9.79 Å². The van der Waals surface area contributed by atoms with Crippen LogP contribution in [0.25, 0.3) is 11.3 Å². The van der Waals surface area contributed by atoms with E-state index in [1.807, 2.05) is 4.90 Å². The third-order valence-electron chi connectivity index (χ3n) is 8.77. The summed E-state index contributed by atoms with van der Waals surface area (Å²) in [6.45, 7) is 3.72. The molecular formula is C33H32ClF2N7O. The summed E-state index contributed by atoms with van der Waals surface area (Å²) in [6.07, 6.45) is 3.43. The molecule has 3 heterocycles. The number of amides is 1. The Balaban J connectivity index is 1.27. The van der Waals surface area contributed by atoms with Crippen LogP contribution in [0, 0.1) is 11.6 Å². The van der Waals surface area contributed by atoms with Crippen LogP contribution in [0.5, 0.6) is 0 Å². The molecule has 44 heavy (non-hydrogen) atoms. The Morgan fingerprint density at radius 2 is 1.68 bits per heavy atom. The number of hydrogen-bond acceptors (Lipinski definition) is 7. The van der Waals surface area contributed by atoms with Crippen molar-refractivity contribution in [3.63, 3.8) is 0 Å². The molecule has 226 valence electrons. The second kappa shape index (κ2) is 11.7. The first kappa shape index (κ1) is 29.8. The second-order valence-corrected chi connectivity index (χ2v) is 12.0. The number of benzene rings is 3. The van der Waals surface area contributed by atoms with E-state index in [1.54, 1.807) is 48.7 Å². The smallest absolute Gasteiger partial charge is 0.253 e. The Kier molecular flexibility index (Phi) is 7.91. The topological polar surface area (TPSA) is 91.0 Å². The largest absolute Gasteiger partial charge is 0.339 e. The van der Waals surface area contributed by atoms with Gasteiger partial charge >= 0.3 is 0 Å². The number of rotatable bonds is 5. The fourth-order valence-corrected chi connectivity index (χ4v) is 5.84. The molecule has 0 atom stereocenters. The zero-order valence-corrected chi connectivity index (χ0v) is 25.4. The molecule has 0 aliphatic carbocycles. The van der Waals surface area contributed by atoms with Crippen LogP contribution in [0.4, 0.5) is 20.4 Å². The number of carbonyl (C=O) groups excluding carboxylic acids is 1. The molecule has 3 aromatic carbocycles. The number of aliphatic imine (C=N–C) groups is 1. The number of nitrogens with zero attached hydrogens (tertiary/aromatic N) is 6. The van der Waals surface area contributed by atoms with E-state index in [4.69, 9.17) is 22.4 Å². The molecule has 0 unspecified atom stereocenters. The lowest BCUT2D eigenvalue weighted by molar-refractivity contribution is 0.0494. The number of nitrogens with two attached hydrogens (primary N) is 1. The Hall–Kier alpha value is -4.25. The maximum Gasteiger partial charge on any atom is 0.253 e. The van der Waals surface area contributed by atoms with Crippen LogP contribution in [0.15, 0.2) is 71.9 Å². The van der Waals surface area contributed by atoms with Crippen LogP contribution in [0.3, 0.4) is 0 Å². The lowest BCUT2D eigenvalue weighted by atomic mass is 9.88. The highest BCUT2D eigenvalue weighted by Crippen LogP contribution is 2.35. The molecule has 8 nitrogen and oxygen atoms in total. The number of halogens is 3. The van der Waals surface area contributed by atoms with E-state index in [9.17, 15) is 13.6 Å². The number of piperidine rings is 1. The van der Waals surface area contributed by atoms with E-state index in [-0.39, 0.29) is 35.2 Å². The minimum absolute atomic E-state index is 0.0143. The van der Waals surface area contributed by atoms with Gasteiger partial charge in [0.25, 0.3) is 5.91 Å². The maximum absolute atomic E-state index is 14.9. The quantitative estimate of drug-likeness (QED) is 0.219. The molecule has 0 radical (unpaired) electrons. The third kappa shape index (κ3) is 5.45. The number of hydrazine groups is 1. The van der Waals surface area contributed by atoms with Gasteiger partial charge in [-0.25, -0.2) is 29.6 Å². The van der Waals surface area contributed by atoms with Crippen molar-refractivity contribution in [2.45, 2.75) is 31.8 Å². The molecule has 1 aromatic heterocycles. The summed E-state index contributed by atoms with van der Waals surface area (Å²) >= 11 is 6.33. The summed E-state index contributed by atoms with van der Waals surface area (Å²) < 4.78 is 29.7. The second-order valence-electron chi connectivity index (χ2n) is 11.6. The zero-order chi connectivity index (χ0) is 31.2. The van der Waals surface area contributed by atoms with Gasteiger partial charge in [0.15, 0.2) is 0 Å². The summed E-state index contributed by atoms with van der Waals surface area (Å²) in [4.78, 5) is 31.1. The molecule has 0 spiro atoms. The van der Waals surface area contributed by atoms with E-state index in [1.165, 1.54) is 23.2 Å². The predicted molar refractivity (Wildman–Crippen MR) is 168 cm³/mol. The first-order valence-corrected chi connectivity index (χ1v) is 14.7. The summed E-state index contributed by atoms with van der Waals surface area (Å²) in [6, 6.07) is 15.8. The first-order chi connectivity index (χ1) is 21.1. The number of anilines is 2. The van der Waals surface area contributed by atoms with Gasteiger partial charge in [0.05, 0.1) is 29.2 Å². The molecule has 0 bridgehead atoms. The average Bonchev–Trinajstić information content (AvgIpc) is 3.17. The van der Waals surface area contributed by atoms with Crippen LogP contribution >= 0.6 is 11.6 Å². The van der Waals surface area contributed by atoms with E-state index in [0.29, 0.717) is 51.7 Å². The monoisotopic (exact) mass is 615 g/mol. The van der Waals surface area contributed by atoms with Gasteiger partial charge < -0.3 is 9.80 Å². The van der Waals surface area contributed by atoms with Gasteiger partial charge in [-0.15, -0.1) is 0 Å². The predicted octanol–water partition coefficient (Wildman–Crippen LogP) is 5.99. The van der Waals surface area contributed by atoms with Gasteiger partial charge in [-0.2, -0.15) is 0 Å². The lowest BCUT2D eigenvalue weighted by Gasteiger charge is -2.43. The van der Waals surface area contributed by atoms with Crippen molar-refractivity contribution >= 4 is 34.9 Å². The molecule has 2 aliphatic rings. The van der Waals surface area contributed by atoms with Crippen molar-refractivity contribution in [2.75, 3.05) is 32.2 Å². The van der Waals surface area contributed by atoms with Crippen molar-refractivity contribution in [3.8, 4) is 11.3 Å². The molecule has 6 rings (SSSR count). The van der Waals surface area contributed by atoms with Crippen molar-refractivity contribution < 1.29 is 13.6 Å². The fourth-order valence-electron chi connectivity index (χ4n) is 5.67. The fraction of sp³-hybridized carbons (Fsp3) is 0.273. The summed E-state index contributed by atoms with van der Waals surface area (Å²) in [7, 11) is 4.16. The number of likely N-dealkylation sites (tertiary alicyclic amines) is 1. The summed E-state index contributed by atoms with van der Waals surface area (Å²) in [5, 5.41) is 1.72. The summed E-state index contributed by atoms with van der Waals surface area (Å²) in [5.74, 6) is 5.21. The van der Waals surface area contributed by atoms with Crippen LogP contribution in [-0.4, -0.2) is 64.1 Å². The Morgan fingerprint density at radius 3 is 2.34 bits per heavy atom. The van der Waals surface area contributed by atoms with Gasteiger partial charge in [-0.05, 0) is 82.4 Å². The lowest BCUT2D eigenvalue weighted by Crippen LogP contribution is -2.51. The summed E-state index contributed by atoms with van der Waals surface area (Å²) in [5.41, 5.74) is 3.37. The van der Waals surface area contributed by atoms with Crippen LogP contribution in [-0.2, 0) is 6.54 Å². The Morgan fingerprint density at radius 1 is 1.00 bits per heavy atom. The molecule has 1 fully saturated rings. The first-order valence-electron chi connectivity index (χ1n) is 14.3. The highest BCUT2D eigenvalue weighted by molar-refractivity contribution is 6.31. The van der Waals surface area contributed by atoms with Crippen molar-refractivity contribution in [1.82, 2.24) is 19.8 Å². The average molecular weight is 616 g/mol. The Labute approximate surface area is 259 Å². The van der Waals surface area contributed by atoms with Crippen molar-refractivity contribution in [2.24, 2.45) is 10.8 Å². The molecular weight excluding hydrogens is 584 g/mol. The number of carbonyl (C=O) groups is 1. The SMILES string of the molecule is CN(C)C1(C)CCN(C(=O)c2ccc(N(N)c3ncc4c(n3)-c3ccc(Cl)cc3C(c3c(F)cccc3F)=NC4)cc2)CC1. The van der Waals surface area contributed by atoms with Crippen LogP contribution in [0.1, 0.15) is 46.8 Å². The van der Waals surface area contributed by atoms with Crippen LogP contribution < -0.4 is 10.9 Å². The molecule has 2 aliphatic heterocycles. The van der Waals surface area contributed by atoms with E-state index < -0.39 is 11.6 Å². The number of fused-ring (bicyclic) bond motifs is 3. The molecule has 4 aromatic rings. The molecule has 11 heteroatoms. The normalized spacial score (nSPS) is 15.7. The minimum atomic E-state index is -0.727. The van der Waals surface area contributed by atoms with Crippen molar-refractivity contribution in [3.05, 3.63) is 106 Å². The Bertz CT molecular complexity index is 1750. The standard InChI is InChI=1S/C33H32ClF2N7O/c1-33(41(2)3)13-15-42(16-14-33)31(44)20-7-10-23(11-8-20)43(37)32-39-19-21-18-38-30(28-26(35)5-4-6-27(28)36)25-17-22(34)9-12-24(25)29(21)40-32/h4-12,17,19H,13-16,18,37H2,1-3H3. The molecule has 0 saturated carbocycles. The highest BCUT2D eigenvalue weighted by Gasteiger charge is 2.34. The van der Waals surface area contributed by atoms with Crippen LogP contribution in [0.2, 0.25) is 5.02 Å². The van der Waals surface area contributed by atoms with E-state index in [2.05, 4.69) is 35.9 Å².